The molecule has 1 aromatic carbocycles. The number of carbonyl (C=O) groups excluding carboxylic acids is 2. The van der Waals surface area contributed by atoms with E-state index in [4.69, 9.17) is 9.15 Å². The molecule has 0 spiro atoms. The Kier molecular flexibility index (Phi) is 4.68. The van der Waals surface area contributed by atoms with E-state index in [1.165, 1.54) is 25.3 Å². The van der Waals surface area contributed by atoms with E-state index in [-0.39, 0.29) is 17.9 Å². The third-order valence-corrected chi connectivity index (χ3v) is 2.57. The quantitative estimate of drug-likeness (QED) is 0.839. The summed E-state index contributed by atoms with van der Waals surface area (Å²) in [4.78, 5) is 23.4. The molecule has 0 aliphatic rings. The fourth-order valence-electron chi connectivity index (χ4n) is 1.57. The molecular formula is C14H13FN2O4. The molecule has 0 saturated carbocycles. The van der Waals surface area contributed by atoms with Crippen LogP contribution >= 0.6 is 0 Å². The normalized spacial score (nSPS) is 10.2. The molecule has 0 saturated heterocycles. The molecule has 1 aromatic heterocycles. The average Bonchev–Trinajstić information content (AvgIpc) is 2.94. The maximum absolute atomic E-state index is 12.7. The summed E-state index contributed by atoms with van der Waals surface area (Å²) in [5.41, 5.74) is 4.62. The molecule has 0 fully saturated rings. The Bertz CT molecular complexity index is 637. The van der Waals surface area contributed by atoms with Gasteiger partial charge in [-0.3, -0.25) is 20.4 Å². The zero-order chi connectivity index (χ0) is 15.2. The van der Waals surface area contributed by atoms with Crippen LogP contribution < -0.4 is 10.9 Å². The van der Waals surface area contributed by atoms with Crippen molar-refractivity contribution in [3.05, 3.63) is 59.3 Å². The first-order valence-corrected chi connectivity index (χ1v) is 6.04. The topological polar surface area (TPSA) is 80.6 Å². The summed E-state index contributed by atoms with van der Waals surface area (Å²) in [6.07, 6.45) is 0. The van der Waals surface area contributed by atoms with Crippen molar-refractivity contribution < 1.29 is 23.1 Å². The first kappa shape index (κ1) is 14.7. The van der Waals surface area contributed by atoms with Gasteiger partial charge < -0.3 is 9.15 Å². The Labute approximate surface area is 119 Å². The molecule has 0 aliphatic carbocycles. The van der Waals surface area contributed by atoms with Crippen LogP contribution in [0, 0.1) is 5.82 Å². The molecule has 1 heterocycles. The van der Waals surface area contributed by atoms with Crippen LogP contribution in [0.4, 0.5) is 4.39 Å². The number of hydrogen-bond acceptors (Lipinski definition) is 4. The number of rotatable bonds is 4. The maximum atomic E-state index is 12.7. The molecule has 6 nitrogen and oxygen atoms in total. The van der Waals surface area contributed by atoms with Gasteiger partial charge in [0.05, 0.1) is 0 Å². The molecular weight excluding hydrogens is 279 g/mol. The fraction of sp³-hybridized carbons (Fsp3) is 0.143. The second kappa shape index (κ2) is 6.67. The summed E-state index contributed by atoms with van der Waals surface area (Å²) < 4.78 is 22.8. The lowest BCUT2D eigenvalue weighted by molar-refractivity contribution is 0.0826. The molecule has 0 radical (unpaired) electrons. The Hall–Kier alpha value is -2.67. The first-order valence-electron chi connectivity index (χ1n) is 6.04. The van der Waals surface area contributed by atoms with E-state index in [2.05, 4.69) is 10.9 Å². The number of hydrogen-bond donors (Lipinski definition) is 2. The minimum absolute atomic E-state index is 0.0430. The van der Waals surface area contributed by atoms with Crippen molar-refractivity contribution in [1.29, 1.82) is 0 Å². The van der Waals surface area contributed by atoms with Crippen molar-refractivity contribution in [3.8, 4) is 0 Å². The number of furan rings is 1. The SMILES string of the molecule is COCc1ccc(C(=O)NNC(=O)c2ccc(F)cc2)o1. The number of amides is 2. The summed E-state index contributed by atoms with van der Waals surface area (Å²) in [7, 11) is 1.51. The zero-order valence-corrected chi connectivity index (χ0v) is 11.2. The van der Waals surface area contributed by atoms with E-state index in [9.17, 15) is 14.0 Å². The fourth-order valence-corrected chi connectivity index (χ4v) is 1.57. The van der Waals surface area contributed by atoms with Gasteiger partial charge in [-0.25, -0.2) is 4.39 Å². The van der Waals surface area contributed by atoms with E-state index in [1.54, 1.807) is 6.07 Å². The maximum Gasteiger partial charge on any atom is 0.305 e. The van der Waals surface area contributed by atoms with Crippen LogP contribution in [0.5, 0.6) is 0 Å². The summed E-state index contributed by atoms with van der Waals surface area (Å²) in [5.74, 6) is -1.08. The Morgan fingerprint density at radius 2 is 1.76 bits per heavy atom. The predicted molar refractivity (Wildman–Crippen MR) is 70.8 cm³/mol. The largest absolute Gasteiger partial charge is 0.453 e. The lowest BCUT2D eigenvalue weighted by atomic mass is 10.2. The predicted octanol–water partition coefficient (Wildman–Crippen LogP) is 1.64. The Balaban J connectivity index is 1.90. The zero-order valence-electron chi connectivity index (χ0n) is 11.2. The summed E-state index contributed by atoms with van der Waals surface area (Å²) in [6, 6.07) is 7.98. The number of methoxy groups -OCH3 is 1. The highest BCUT2D eigenvalue weighted by Crippen LogP contribution is 2.08. The lowest BCUT2D eigenvalue weighted by Gasteiger charge is -2.05. The molecule has 110 valence electrons. The van der Waals surface area contributed by atoms with Gasteiger partial charge in [0.2, 0.25) is 0 Å². The number of halogens is 1. The third kappa shape index (κ3) is 3.90. The van der Waals surface area contributed by atoms with Crippen LogP contribution in [0.2, 0.25) is 0 Å². The highest BCUT2D eigenvalue weighted by molar-refractivity contribution is 5.97. The second-order valence-corrected chi connectivity index (χ2v) is 4.11. The number of carbonyl (C=O) groups is 2. The number of hydrazine groups is 1. The molecule has 2 rings (SSSR count). The van der Waals surface area contributed by atoms with Crippen LogP contribution in [-0.4, -0.2) is 18.9 Å². The van der Waals surface area contributed by atoms with Gasteiger partial charge in [0.1, 0.15) is 18.2 Å². The molecule has 2 aromatic rings. The van der Waals surface area contributed by atoms with Crippen molar-refractivity contribution in [2.45, 2.75) is 6.61 Å². The molecule has 0 atom stereocenters. The van der Waals surface area contributed by atoms with Crippen molar-refractivity contribution in [2.75, 3.05) is 7.11 Å². The van der Waals surface area contributed by atoms with Gasteiger partial charge >= 0.3 is 5.91 Å². The molecule has 2 N–H and O–H groups in total. The summed E-state index contributed by atoms with van der Waals surface area (Å²) in [5, 5.41) is 0. The van der Waals surface area contributed by atoms with Crippen LogP contribution in [0.1, 0.15) is 26.7 Å². The molecule has 7 heteroatoms. The van der Waals surface area contributed by atoms with Gasteiger partial charge in [0, 0.05) is 12.7 Å². The van der Waals surface area contributed by atoms with Crippen LogP contribution in [0.3, 0.4) is 0 Å². The van der Waals surface area contributed by atoms with E-state index in [0.29, 0.717) is 5.76 Å². The Morgan fingerprint density at radius 1 is 1.10 bits per heavy atom. The minimum atomic E-state index is -0.604. The lowest BCUT2D eigenvalue weighted by Crippen LogP contribution is -2.41. The van der Waals surface area contributed by atoms with Crippen LogP contribution in [0.15, 0.2) is 40.8 Å². The number of ether oxygens (including phenoxy) is 1. The van der Waals surface area contributed by atoms with E-state index < -0.39 is 17.6 Å². The molecule has 0 aliphatic heterocycles. The van der Waals surface area contributed by atoms with E-state index in [0.717, 1.165) is 12.1 Å². The standard InChI is InChI=1S/C14H13FN2O4/c1-20-8-11-6-7-12(21-11)14(19)17-16-13(18)9-2-4-10(15)5-3-9/h2-7H,8H2,1H3,(H,16,18)(H,17,19). The van der Waals surface area contributed by atoms with Crippen molar-refractivity contribution in [3.63, 3.8) is 0 Å². The van der Waals surface area contributed by atoms with Gasteiger partial charge in [-0.15, -0.1) is 0 Å². The molecule has 0 bridgehead atoms. The smallest absolute Gasteiger partial charge is 0.305 e. The van der Waals surface area contributed by atoms with Crippen molar-refractivity contribution in [2.24, 2.45) is 0 Å². The van der Waals surface area contributed by atoms with Gasteiger partial charge in [-0.2, -0.15) is 0 Å². The third-order valence-electron chi connectivity index (χ3n) is 2.57. The average molecular weight is 292 g/mol. The van der Waals surface area contributed by atoms with Gasteiger partial charge in [-0.1, -0.05) is 0 Å². The van der Waals surface area contributed by atoms with Crippen molar-refractivity contribution in [1.82, 2.24) is 10.9 Å². The number of benzene rings is 1. The van der Waals surface area contributed by atoms with E-state index >= 15 is 0 Å². The number of nitrogens with one attached hydrogen (secondary N) is 2. The van der Waals surface area contributed by atoms with Crippen LogP contribution in [-0.2, 0) is 11.3 Å². The minimum Gasteiger partial charge on any atom is -0.453 e. The van der Waals surface area contributed by atoms with Gasteiger partial charge in [0.25, 0.3) is 5.91 Å². The summed E-state index contributed by atoms with van der Waals surface area (Å²) in [6.45, 7) is 0.245. The highest BCUT2D eigenvalue weighted by atomic mass is 19.1. The molecule has 21 heavy (non-hydrogen) atoms. The summed E-state index contributed by atoms with van der Waals surface area (Å²) >= 11 is 0. The van der Waals surface area contributed by atoms with Gasteiger partial charge in [-0.05, 0) is 36.4 Å². The van der Waals surface area contributed by atoms with Gasteiger partial charge in [0.15, 0.2) is 5.76 Å². The molecule has 2 amide bonds. The monoisotopic (exact) mass is 292 g/mol. The van der Waals surface area contributed by atoms with Crippen LogP contribution in [0.25, 0.3) is 0 Å². The van der Waals surface area contributed by atoms with Crippen molar-refractivity contribution >= 4 is 11.8 Å². The Morgan fingerprint density at radius 3 is 2.43 bits per heavy atom. The first-order chi connectivity index (χ1) is 10.1. The van der Waals surface area contributed by atoms with E-state index in [1.807, 2.05) is 0 Å². The molecule has 0 unspecified atom stereocenters. The highest BCUT2D eigenvalue weighted by Gasteiger charge is 2.12. The second-order valence-electron chi connectivity index (χ2n) is 4.11.